The number of aliphatic hydroxyl groups is 1. The van der Waals surface area contributed by atoms with Gasteiger partial charge in [0.2, 0.25) is 0 Å². The zero-order valence-electron chi connectivity index (χ0n) is 10.9. The molecule has 94 valence electrons. The van der Waals surface area contributed by atoms with Crippen molar-refractivity contribution >= 4 is 0 Å². The lowest BCUT2D eigenvalue weighted by atomic mass is 9.66. The van der Waals surface area contributed by atoms with Crippen molar-refractivity contribution in [1.29, 1.82) is 0 Å². The SMILES string of the molecule is CC(C)[C@H]1C[C@](O)(CN2CCN(C)CC2)C1. The lowest BCUT2D eigenvalue weighted by Gasteiger charge is -2.49. The van der Waals surface area contributed by atoms with Crippen LogP contribution in [-0.2, 0) is 0 Å². The summed E-state index contributed by atoms with van der Waals surface area (Å²) in [4.78, 5) is 4.79. The second-order valence-corrected chi connectivity index (χ2v) is 6.22. The van der Waals surface area contributed by atoms with Gasteiger partial charge in [-0.05, 0) is 31.7 Å². The number of β-amino-alcohol motifs (C(OH)–C–C–N with tert-alkyl or cyclic N) is 1. The minimum absolute atomic E-state index is 0.370. The Balaban J connectivity index is 1.74. The number of rotatable bonds is 3. The average molecular weight is 226 g/mol. The highest BCUT2D eigenvalue weighted by atomic mass is 16.3. The van der Waals surface area contributed by atoms with Crippen LogP contribution in [-0.4, -0.2) is 60.3 Å². The standard InChI is InChI=1S/C13H26N2O/c1-11(2)12-8-13(16,9-12)10-15-6-4-14(3)5-7-15/h11-12,16H,4-10H2,1-3H3/t12-,13+. The maximum atomic E-state index is 10.4. The van der Waals surface area contributed by atoms with Gasteiger partial charge in [-0.3, -0.25) is 4.90 Å². The molecular formula is C13H26N2O. The number of piperazine rings is 1. The molecule has 0 atom stereocenters. The average Bonchev–Trinajstić information content (AvgIpc) is 2.17. The third kappa shape index (κ3) is 2.76. The molecule has 0 aromatic carbocycles. The van der Waals surface area contributed by atoms with E-state index in [1.807, 2.05) is 0 Å². The Morgan fingerprint density at radius 2 is 1.75 bits per heavy atom. The van der Waals surface area contributed by atoms with Gasteiger partial charge in [0, 0.05) is 32.7 Å². The molecular weight excluding hydrogens is 200 g/mol. The Morgan fingerprint density at radius 1 is 1.19 bits per heavy atom. The van der Waals surface area contributed by atoms with E-state index in [0.717, 1.165) is 57.4 Å². The second kappa shape index (κ2) is 4.63. The molecule has 1 N–H and O–H groups in total. The minimum atomic E-state index is -0.370. The summed E-state index contributed by atoms with van der Waals surface area (Å²) >= 11 is 0. The molecule has 3 nitrogen and oxygen atoms in total. The largest absolute Gasteiger partial charge is 0.389 e. The summed E-state index contributed by atoms with van der Waals surface area (Å²) in [6.07, 6.45) is 2.02. The highest BCUT2D eigenvalue weighted by molar-refractivity contribution is 4.97. The Morgan fingerprint density at radius 3 is 2.25 bits per heavy atom. The van der Waals surface area contributed by atoms with Gasteiger partial charge in [-0.15, -0.1) is 0 Å². The van der Waals surface area contributed by atoms with E-state index in [0.29, 0.717) is 0 Å². The summed E-state index contributed by atoms with van der Waals surface area (Å²) in [6.45, 7) is 9.94. The van der Waals surface area contributed by atoms with Crippen molar-refractivity contribution in [1.82, 2.24) is 9.80 Å². The predicted octanol–water partition coefficient (Wildman–Crippen LogP) is 1.03. The highest BCUT2D eigenvalue weighted by Crippen LogP contribution is 2.42. The first-order valence-corrected chi connectivity index (χ1v) is 6.62. The molecule has 1 aliphatic carbocycles. The van der Waals surface area contributed by atoms with Gasteiger partial charge in [0.15, 0.2) is 0 Å². The first-order chi connectivity index (χ1) is 7.48. The van der Waals surface area contributed by atoms with Crippen molar-refractivity contribution in [2.45, 2.75) is 32.3 Å². The van der Waals surface area contributed by atoms with Crippen LogP contribution in [0.5, 0.6) is 0 Å². The van der Waals surface area contributed by atoms with Crippen LogP contribution in [0.4, 0.5) is 0 Å². The van der Waals surface area contributed by atoms with Crippen molar-refractivity contribution in [2.75, 3.05) is 39.8 Å². The normalized spacial score (nSPS) is 37.7. The van der Waals surface area contributed by atoms with Gasteiger partial charge in [0.05, 0.1) is 5.60 Å². The van der Waals surface area contributed by atoms with Crippen LogP contribution >= 0.6 is 0 Å². The third-order valence-electron chi connectivity index (χ3n) is 4.34. The second-order valence-electron chi connectivity index (χ2n) is 6.22. The van der Waals surface area contributed by atoms with Gasteiger partial charge >= 0.3 is 0 Å². The van der Waals surface area contributed by atoms with Gasteiger partial charge in [0.1, 0.15) is 0 Å². The molecule has 3 heteroatoms. The molecule has 0 bridgehead atoms. The van der Waals surface area contributed by atoms with Crippen molar-refractivity contribution in [2.24, 2.45) is 11.8 Å². The number of likely N-dealkylation sites (N-methyl/N-ethyl adjacent to an activating group) is 1. The summed E-state index contributed by atoms with van der Waals surface area (Å²) in [7, 11) is 2.17. The van der Waals surface area contributed by atoms with Gasteiger partial charge in [-0.2, -0.15) is 0 Å². The van der Waals surface area contributed by atoms with Crippen LogP contribution in [0.15, 0.2) is 0 Å². The molecule has 0 unspecified atom stereocenters. The zero-order chi connectivity index (χ0) is 11.8. The fourth-order valence-corrected chi connectivity index (χ4v) is 2.94. The van der Waals surface area contributed by atoms with E-state index in [1.54, 1.807) is 0 Å². The molecule has 0 amide bonds. The molecule has 2 aliphatic rings. The number of hydrogen-bond acceptors (Lipinski definition) is 3. The van der Waals surface area contributed by atoms with Gasteiger partial charge in [-0.1, -0.05) is 13.8 Å². The molecule has 2 fully saturated rings. The monoisotopic (exact) mass is 226 g/mol. The molecule has 1 saturated carbocycles. The van der Waals surface area contributed by atoms with Crippen LogP contribution in [0, 0.1) is 11.8 Å². The van der Waals surface area contributed by atoms with Crippen LogP contribution in [0.3, 0.4) is 0 Å². The summed E-state index contributed by atoms with van der Waals surface area (Å²) in [5.41, 5.74) is -0.370. The van der Waals surface area contributed by atoms with Gasteiger partial charge < -0.3 is 10.0 Å². The molecule has 0 aromatic rings. The van der Waals surface area contributed by atoms with E-state index in [9.17, 15) is 5.11 Å². The van der Waals surface area contributed by atoms with E-state index in [4.69, 9.17) is 0 Å². The van der Waals surface area contributed by atoms with Crippen molar-refractivity contribution < 1.29 is 5.11 Å². The van der Waals surface area contributed by atoms with Gasteiger partial charge in [0.25, 0.3) is 0 Å². The van der Waals surface area contributed by atoms with E-state index in [2.05, 4.69) is 30.7 Å². The van der Waals surface area contributed by atoms with E-state index < -0.39 is 0 Å². The summed E-state index contributed by atoms with van der Waals surface area (Å²) < 4.78 is 0. The topological polar surface area (TPSA) is 26.7 Å². The first kappa shape index (κ1) is 12.3. The molecule has 1 heterocycles. The Labute approximate surface area is 99.4 Å². The maximum Gasteiger partial charge on any atom is 0.0779 e. The third-order valence-corrected chi connectivity index (χ3v) is 4.34. The minimum Gasteiger partial charge on any atom is -0.389 e. The van der Waals surface area contributed by atoms with Crippen LogP contribution < -0.4 is 0 Å². The molecule has 16 heavy (non-hydrogen) atoms. The van der Waals surface area contributed by atoms with Gasteiger partial charge in [-0.25, -0.2) is 0 Å². The maximum absolute atomic E-state index is 10.4. The van der Waals surface area contributed by atoms with E-state index >= 15 is 0 Å². The molecule has 2 rings (SSSR count). The van der Waals surface area contributed by atoms with Crippen LogP contribution in [0.1, 0.15) is 26.7 Å². The summed E-state index contributed by atoms with van der Waals surface area (Å²) in [5, 5.41) is 10.4. The predicted molar refractivity (Wildman–Crippen MR) is 66.4 cm³/mol. The fraction of sp³-hybridized carbons (Fsp3) is 1.00. The Kier molecular flexibility index (Phi) is 3.57. The first-order valence-electron chi connectivity index (χ1n) is 6.62. The molecule has 1 saturated heterocycles. The lowest BCUT2D eigenvalue weighted by molar-refractivity contribution is -0.108. The van der Waals surface area contributed by atoms with Crippen LogP contribution in [0.25, 0.3) is 0 Å². The Bertz CT molecular complexity index is 228. The quantitative estimate of drug-likeness (QED) is 0.778. The molecule has 1 aliphatic heterocycles. The van der Waals surface area contributed by atoms with E-state index in [-0.39, 0.29) is 5.60 Å². The van der Waals surface area contributed by atoms with Crippen molar-refractivity contribution in [3.05, 3.63) is 0 Å². The smallest absolute Gasteiger partial charge is 0.0779 e. The van der Waals surface area contributed by atoms with Crippen molar-refractivity contribution in [3.63, 3.8) is 0 Å². The lowest BCUT2D eigenvalue weighted by Crippen LogP contribution is -2.56. The van der Waals surface area contributed by atoms with Crippen molar-refractivity contribution in [3.8, 4) is 0 Å². The number of hydrogen-bond donors (Lipinski definition) is 1. The molecule has 0 radical (unpaired) electrons. The molecule has 0 aromatic heterocycles. The van der Waals surface area contributed by atoms with Crippen LogP contribution in [0.2, 0.25) is 0 Å². The number of nitrogens with zero attached hydrogens (tertiary/aromatic N) is 2. The summed E-state index contributed by atoms with van der Waals surface area (Å²) in [5.74, 6) is 1.48. The highest BCUT2D eigenvalue weighted by Gasteiger charge is 2.44. The zero-order valence-corrected chi connectivity index (χ0v) is 10.9. The Hall–Kier alpha value is -0.120. The fourth-order valence-electron chi connectivity index (χ4n) is 2.94. The summed E-state index contributed by atoms with van der Waals surface area (Å²) in [6, 6.07) is 0. The van der Waals surface area contributed by atoms with E-state index in [1.165, 1.54) is 0 Å². The molecule has 0 spiro atoms.